The molecule has 1 aliphatic heterocycles. The van der Waals surface area contributed by atoms with Crippen molar-refractivity contribution >= 4 is 12.1 Å². The fourth-order valence-corrected chi connectivity index (χ4v) is 2.28. The van der Waals surface area contributed by atoms with Gasteiger partial charge in [-0.2, -0.15) is 0 Å². The van der Waals surface area contributed by atoms with E-state index in [2.05, 4.69) is 10.1 Å². The van der Waals surface area contributed by atoms with Gasteiger partial charge in [-0.25, -0.2) is 9.59 Å². The average molecular weight is 273 g/mol. The number of alkyl carbamates (subject to hydrolysis) is 1. The number of ether oxygens (including phenoxy) is 3. The molecule has 0 aromatic heterocycles. The van der Waals surface area contributed by atoms with Crippen LogP contribution in [0.3, 0.4) is 0 Å². The third kappa shape index (κ3) is 4.70. The quantitative estimate of drug-likeness (QED) is 0.768. The van der Waals surface area contributed by atoms with Gasteiger partial charge in [0.25, 0.3) is 0 Å². The maximum Gasteiger partial charge on any atom is 0.407 e. The van der Waals surface area contributed by atoms with Crippen molar-refractivity contribution in [2.45, 2.75) is 45.3 Å². The van der Waals surface area contributed by atoms with Crippen LogP contribution in [0, 0.1) is 5.92 Å². The number of hydrogen-bond acceptors (Lipinski definition) is 5. The summed E-state index contributed by atoms with van der Waals surface area (Å²) in [7, 11) is 1.27. The Balaban J connectivity index is 2.70. The van der Waals surface area contributed by atoms with Gasteiger partial charge in [0.2, 0.25) is 0 Å². The van der Waals surface area contributed by atoms with E-state index in [-0.39, 0.29) is 12.0 Å². The zero-order valence-electron chi connectivity index (χ0n) is 11.8. The van der Waals surface area contributed by atoms with Gasteiger partial charge in [-0.05, 0) is 32.1 Å². The van der Waals surface area contributed by atoms with Crippen LogP contribution in [0.15, 0.2) is 0 Å². The lowest BCUT2D eigenvalue weighted by Crippen LogP contribution is -2.49. The molecule has 3 atom stereocenters. The summed E-state index contributed by atoms with van der Waals surface area (Å²) in [6.07, 6.45) is 1.88. The Morgan fingerprint density at radius 1 is 1.42 bits per heavy atom. The van der Waals surface area contributed by atoms with Crippen LogP contribution in [0.2, 0.25) is 0 Å². The summed E-state index contributed by atoms with van der Waals surface area (Å²) < 4.78 is 15.2. The molecule has 0 aliphatic carbocycles. The first-order valence-corrected chi connectivity index (χ1v) is 6.75. The number of carbonyl (C=O) groups excluding carboxylic acids is 2. The van der Waals surface area contributed by atoms with E-state index in [0.717, 1.165) is 19.3 Å². The SMILES string of the molecule is CCOC(=O)[C@H](NC(=O)OC)[C@H]1CCO[C@H](CC)C1. The summed E-state index contributed by atoms with van der Waals surface area (Å²) in [4.78, 5) is 23.3. The molecule has 0 radical (unpaired) electrons. The lowest BCUT2D eigenvalue weighted by Gasteiger charge is -2.33. The highest BCUT2D eigenvalue weighted by atomic mass is 16.5. The standard InChI is InChI=1S/C13H23NO5/c1-4-10-8-9(6-7-19-10)11(12(15)18-5-2)14-13(16)17-3/h9-11H,4-8H2,1-3H3,(H,14,16)/t9-,10+,11+/m0/s1. The molecule has 1 fully saturated rings. The number of nitrogens with one attached hydrogen (secondary N) is 1. The lowest BCUT2D eigenvalue weighted by atomic mass is 9.87. The molecule has 0 aromatic carbocycles. The molecule has 1 saturated heterocycles. The van der Waals surface area contributed by atoms with E-state index in [4.69, 9.17) is 9.47 Å². The molecule has 6 nitrogen and oxygen atoms in total. The molecule has 1 rings (SSSR count). The molecule has 0 aromatic rings. The third-order valence-corrected chi connectivity index (χ3v) is 3.33. The summed E-state index contributed by atoms with van der Waals surface area (Å²) in [5, 5.41) is 2.57. The van der Waals surface area contributed by atoms with Crippen molar-refractivity contribution in [3.05, 3.63) is 0 Å². The molecule has 19 heavy (non-hydrogen) atoms. The first kappa shape index (κ1) is 15.8. The van der Waals surface area contributed by atoms with Crippen LogP contribution in [-0.2, 0) is 19.0 Å². The minimum atomic E-state index is -0.662. The summed E-state index contributed by atoms with van der Waals surface area (Å²) in [6.45, 7) is 4.67. The average Bonchev–Trinajstić information content (AvgIpc) is 2.44. The minimum Gasteiger partial charge on any atom is -0.464 e. The second-order valence-corrected chi connectivity index (χ2v) is 4.55. The summed E-state index contributed by atoms with van der Waals surface area (Å²) >= 11 is 0. The predicted octanol–water partition coefficient (Wildman–Crippen LogP) is 1.48. The minimum absolute atomic E-state index is 0.0249. The molecule has 0 saturated carbocycles. The largest absolute Gasteiger partial charge is 0.464 e. The first-order valence-electron chi connectivity index (χ1n) is 6.75. The Hall–Kier alpha value is -1.30. The Bertz CT molecular complexity index is 307. The fourth-order valence-electron chi connectivity index (χ4n) is 2.28. The van der Waals surface area contributed by atoms with E-state index >= 15 is 0 Å². The summed E-state index contributed by atoms with van der Waals surface area (Å²) in [5.74, 6) is -0.383. The van der Waals surface area contributed by atoms with Crippen LogP contribution >= 0.6 is 0 Å². The number of hydrogen-bond donors (Lipinski definition) is 1. The van der Waals surface area contributed by atoms with Gasteiger partial charge in [-0.3, -0.25) is 0 Å². The van der Waals surface area contributed by atoms with Crippen molar-refractivity contribution in [3.8, 4) is 0 Å². The molecule has 0 spiro atoms. The first-order chi connectivity index (χ1) is 9.12. The number of amides is 1. The highest BCUT2D eigenvalue weighted by molar-refractivity contribution is 5.81. The second-order valence-electron chi connectivity index (χ2n) is 4.55. The van der Waals surface area contributed by atoms with Crippen LogP contribution in [0.4, 0.5) is 4.79 Å². The van der Waals surface area contributed by atoms with Gasteiger partial charge in [-0.15, -0.1) is 0 Å². The van der Waals surface area contributed by atoms with Crippen LogP contribution < -0.4 is 5.32 Å². The van der Waals surface area contributed by atoms with E-state index in [1.807, 2.05) is 6.92 Å². The van der Waals surface area contributed by atoms with Crippen LogP contribution in [0.5, 0.6) is 0 Å². The Morgan fingerprint density at radius 2 is 2.16 bits per heavy atom. The van der Waals surface area contributed by atoms with E-state index in [1.54, 1.807) is 6.92 Å². The number of methoxy groups -OCH3 is 1. The zero-order valence-corrected chi connectivity index (χ0v) is 11.8. The molecule has 110 valence electrons. The number of carbonyl (C=O) groups is 2. The van der Waals surface area contributed by atoms with Gasteiger partial charge in [0.05, 0.1) is 19.8 Å². The van der Waals surface area contributed by atoms with E-state index in [9.17, 15) is 9.59 Å². The third-order valence-electron chi connectivity index (χ3n) is 3.33. The van der Waals surface area contributed by atoms with Gasteiger partial charge in [0.1, 0.15) is 6.04 Å². The molecule has 0 unspecified atom stereocenters. The van der Waals surface area contributed by atoms with Crippen LogP contribution in [-0.4, -0.2) is 44.5 Å². The van der Waals surface area contributed by atoms with Crippen LogP contribution in [0.1, 0.15) is 33.1 Å². The van der Waals surface area contributed by atoms with E-state index in [0.29, 0.717) is 13.2 Å². The molecule has 0 bridgehead atoms. The maximum atomic E-state index is 12.0. The van der Waals surface area contributed by atoms with Crippen molar-refractivity contribution in [2.24, 2.45) is 5.92 Å². The molecular weight excluding hydrogens is 250 g/mol. The van der Waals surface area contributed by atoms with Gasteiger partial charge in [-0.1, -0.05) is 6.92 Å². The number of esters is 1. The molecule has 1 aliphatic rings. The predicted molar refractivity (Wildman–Crippen MR) is 68.7 cm³/mol. The molecule has 1 heterocycles. The van der Waals surface area contributed by atoms with Crippen molar-refractivity contribution in [2.75, 3.05) is 20.3 Å². The molecule has 6 heteroatoms. The van der Waals surface area contributed by atoms with Gasteiger partial charge >= 0.3 is 12.1 Å². The van der Waals surface area contributed by atoms with E-state index in [1.165, 1.54) is 7.11 Å². The van der Waals surface area contributed by atoms with Crippen molar-refractivity contribution in [3.63, 3.8) is 0 Å². The van der Waals surface area contributed by atoms with Crippen LogP contribution in [0.25, 0.3) is 0 Å². The smallest absolute Gasteiger partial charge is 0.407 e. The van der Waals surface area contributed by atoms with E-state index < -0.39 is 18.1 Å². The number of rotatable bonds is 5. The highest BCUT2D eigenvalue weighted by Gasteiger charge is 2.35. The normalized spacial score (nSPS) is 24.4. The topological polar surface area (TPSA) is 73.9 Å². The van der Waals surface area contributed by atoms with Gasteiger partial charge in [0.15, 0.2) is 0 Å². The maximum absolute atomic E-state index is 12.0. The molecule has 1 N–H and O–H groups in total. The van der Waals surface area contributed by atoms with Crippen molar-refractivity contribution in [1.82, 2.24) is 5.32 Å². The Morgan fingerprint density at radius 3 is 2.74 bits per heavy atom. The molecular formula is C13H23NO5. The summed E-state index contributed by atoms with van der Waals surface area (Å²) in [5.41, 5.74) is 0. The fraction of sp³-hybridized carbons (Fsp3) is 0.846. The van der Waals surface area contributed by atoms with Gasteiger partial charge < -0.3 is 19.5 Å². The van der Waals surface area contributed by atoms with Crippen molar-refractivity contribution < 1.29 is 23.8 Å². The summed E-state index contributed by atoms with van der Waals surface area (Å²) in [6, 6.07) is -0.662. The monoisotopic (exact) mass is 273 g/mol. The van der Waals surface area contributed by atoms with Gasteiger partial charge in [0, 0.05) is 6.61 Å². The Labute approximate surface area is 113 Å². The zero-order chi connectivity index (χ0) is 14.3. The highest BCUT2D eigenvalue weighted by Crippen LogP contribution is 2.25. The Kier molecular flexibility index (Phi) is 6.62. The lowest BCUT2D eigenvalue weighted by molar-refractivity contribution is -0.148. The second kappa shape index (κ2) is 7.99. The van der Waals surface area contributed by atoms with Crippen molar-refractivity contribution in [1.29, 1.82) is 0 Å². The molecule has 1 amide bonds.